The van der Waals surface area contributed by atoms with Crippen LogP contribution in [0.4, 0.5) is 21.5 Å². The maximum Gasteiger partial charge on any atom is 0.123 e. The Balaban J connectivity index is 1.22. The minimum atomic E-state index is -0.249. The van der Waals surface area contributed by atoms with E-state index in [1.807, 2.05) is 23.5 Å². The Labute approximate surface area is 308 Å². The standard InChI is InChI=1S/C48H30FN3S/c49-31-21-23-33(24-22-31)52-41-16-7-4-13-36(41)38-27-25-35(30-45(38)52)50(44-18-10-20-47-48(44)39-15-6-9-19-46(39)53-47)34-26-28-43-40(29-34)37-14-5-8-17-42(37)51(43)32-11-2-1-3-12-32/h1-30H. The van der Waals surface area contributed by atoms with E-state index in [1.54, 1.807) is 0 Å². The second-order valence-corrected chi connectivity index (χ2v) is 14.6. The van der Waals surface area contributed by atoms with Crippen LogP contribution in [0.2, 0.25) is 0 Å². The zero-order valence-electron chi connectivity index (χ0n) is 28.4. The molecule has 0 atom stereocenters. The van der Waals surface area contributed by atoms with Crippen LogP contribution in [0.5, 0.6) is 0 Å². The molecule has 0 aliphatic heterocycles. The van der Waals surface area contributed by atoms with Crippen LogP contribution in [0.1, 0.15) is 0 Å². The van der Waals surface area contributed by atoms with Crippen LogP contribution in [-0.4, -0.2) is 9.13 Å². The molecule has 0 fully saturated rings. The fraction of sp³-hybridized carbons (Fsp3) is 0. The van der Waals surface area contributed by atoms with E-state index < -0.39 is 0 Å². The molecule has 53 heavy (non-hydrogen) atoms. The Morgan fingerprint density at radius 1 is 0.396 bits per heavy atom. The third-order valence-corrected chi connectivity index (χ3v) is 11.7. The molecule has 0 spiro atoms. The van der Waals surface area contributed by atoms with E-state index in [9.17, 15) is 4.39 Å². The number of hydrogen-bond acceptors (Lipinski definition) is 2. The number of fused-ring (bicyclic) bond motifs is 9. The quantitative estimate of drug-likeness (QED) is 0.174. The number of benzene rings is 8. The van der Waals surface area contributed by atoms with Crippen molar-refractivity contribution in [2.24, 2.45) is 0 Å². The van der Waals surface area contributed by atoms with E-state index in [1.165, 1.54) is 48.6 Å². The van der Waals surface area contributed by atoms with Crippen molar-refractivity contribution in [3.63, 3.8) is 0 Å². The number of thiophene rings is 1. The highest BCUT2D eigenvalue weighted by molar-refractivity contribution is 7.26. The fourth-order valence-electron chi connectivity index (χ4n) is 8.29. The molecule has 11 rings (SSSR count). The molecule has 11 aromatic rings. The highest BCUT2D eigenvalue weighted by Crippen LogP contribution is 2.47. The molecule has 3 nitrogen and oxygen atoms in total. The van der Waals surface area contributed by atoms with Gasteiger partial charge < -0.3 is 14.0 Å². The van der Waals surface area contributed by atoms with Crippen molar-refractivity contribution in [2.45, 2.75) is 0 Å². The summed E-state index contributed by atoms with van der Waals surface area (Å²) in [5, 5.41) is 7.19. The molecular weight excluding hydrogens is 670 g/mol. The number of hydrogen-bond donors (Lipinski definition) is 0. The summed E-state index contributed by atoms with van der Waals surface area (Å²) in [4.78, 5) is 2.42. The van der Waals surface area contributed by atoms with Gasteiger partial charge in [-0.05, 0) is 97.1 Å². The highest BCUT2D eigenvalue weighted by Gasteiger charge is 2.22. The fourth-order valence-corrected chi connectivity index (χ4v) is 9.42. The predicted molar refractivity (Wildman–Crippen MR) is 223 cm³/mol. The molecule has 0 amide bonds. The van der Waals surface area contributed by atoms with Gasteiger partial charge in [0.05, 0.1) is 27.8 Å². The van der Waals surface area contributed by atoms with Crippen molar-refractivity contribution >= 4 is 92.2 Å². The maximum atomic E-state index is 14.2. The average molecular weight is 700 g/mol. The predicted octanol–water partition coefficient (Wildman–Crippen LogP) is 13.9. The third kappa shape index (κ3) is 4.57. The second-order valence-electron chi connectivity index (χ2n) is 13.5. The number of halogens is 1. The lowest BCUT2D eigenvalue weighted by Crippen LogP contribution is -2.10. The van der Waals surface area contributed by atoms with Crippen LogP contribution < -0.4 is 4.90 Å². The van der Waals surface area contributed by atoms with Gasteiger partial charge >= 0.3 is 0 Å². The van der Waals surface area contributed by atoms with E-state index in [4.69, 9.17) is 0 Å². The summed E-state index contributed by atoms with van der Waals surface area (Å²) in [6.07, 6.45) is 0. The van der Waals surface area contributed by atoms with Crippen LogP contribution in [0.15, 0.2) is 182 Å². The minimum Gasteiger partial charge on any atom is -0.310 e. The van der Waals surface area contributed by atoms with E-state index in [0.717, 1.165) is 55.8 Å². The van der Waals surface area contributed by atoms with Crippen LogP contribution >= 0.6 is 11.3 Å². The van der Waals surface area contributed by atoms with Crippen molar-refractivity contribution in [2.75, 3.05) is 4.90 Å². The monoisotopic (exact) mass is 699 g/mol. The van der Waals surface area contributed by atoms with Crippen LogP contribution in [-0.2, 0) is 0 Å². The molecule has 0 saturated carbocycles. The first-order valence-electron chi connectivity index (χ1n) is 17.8. The van der Waals surface area contributed by atoms with Gasteiger partial charge in [0, 0.05) is 64.5 Å². The van der Waals surface area contributed by atoms with Gasteiger partial charge in [-0.2, -0.15) is 0 Å². The molecule has 5 heteroatoms. The minimum absolute atomic E-state index is 0.249. The average Bonchev–Trinajstić information content (AvgIpc) is 3.86. The first-order valence-corrected chi connectivity index (χ1v) is 18.6. The summed E-state index contributed by atoms with van der Waals surface area (Å²) in [6, 6.07) is 63.6. The summed E-state index contributed by atoms with van der Waals surface area (Å²) in [6.45, 7) is 0. The van der Waals surface area contributed by atoms with Crippen LogP contribution in [0.3, 0.4) is 0 Å². The SMILES string of the molecule is Fc1ccc(-n2c3ccccc3c3ccc(N(c4ccc5c(c4)c4ccccc4n5-c4ccccc4)c4cccc5sc6ccccc6c45)cc32)cc1. The molecule has 0 aliphatic rings. The van der Waals surface area contributed by atoms with Gasteiger partial charge in [-0.15, -0.1) is 11.3 Å². The van der Waals surface area contributed by atoms with Gasteiger partial charge in [0.1, 0.15) is 5.82 Å². The molecule has 0 N–H and O–H groups in total. The molecular formula is C48H30FN3S. The molecule has 0 radical (unpaired) electrons. The largest absolute Gasteiger partial charge is 0.310 e. The second kappa shape index (κ2) is 11.7. The molecule has 0 unspecified atom stereocenters. The van der Waals surface area contributed by atoms with Gasteiger partial charge in [-0.1, -0.05) is 84.9 Å². The Kier molecular flexibility index (Phi) is 6.60. The smallest absolute Gasteiger partial charge is 0.123 e. The molecule has 0 aliphatic carbocycles. The lowest BCUT2D eigenvalue weighted by Gasteiger charge is -2.27. The lowest BCUT2D eigenvalue weighted by atomic mass is 10.1. The molecule has 3 aromatic heterocycles. The Bertz CT molecular complexity index is 3190. The number of anilines is 3. The van der Waals surface area contributed by atoms with E-state index in [2.05, 4.69) is 172 Å². The maximum absolute atomic E-state index is 14.2. The lowest BCUT2D eigenvalue weighted by molar-refractivity contribution is 0.627. The summed E-state index contributed by atoms with van der Waals surface area (Å²) in [7, 11) is 0. The van der Waals surface area contributed by atoms with Crippen molar-refractivity contribution in [3.8, 4) is 11.4 Å². The van der Waals surface area contributed by atoms with Crippen LogP contribution in [0, 0.1) is 5.82 Å². The van der Waals surface area contributed by atoms with Gasteiger partial charge in [0.2, 0.25) is 0 Å². The van der Waals surface area contributed by atoms with Crippen LogP contribution in [0.25, 0.3) is 75.2 Å². The highest BCUT2D eigenvalue weighted by atomic mass is 32.1. The number of nitrogens with zero attached hydrogens (tertiary/aromatic N) is 3. The first-order chi connectivity index (χ1) is 26.2. The Morgan fingerprint density at radius 3 is 1.75 bits per heavy atom. The summed E-state index contributed by atoms with van der Waals surface area (Å²) in [5.74, 6) is -0.249. The molecule has 3 heterocycles. The summed E-state index contributed by atoms with van der Waals surface area (Å²) < 4.78 is 21.3. The zero-order chi connectivity index (χ0) is 35.0. The number of aromatic nitrogens is 2. The zero-order valence-corrected chi connectivity index (χ0v) is 29.3. The van der Waals surface area contributed by atoms with Gasteiger partial charge in [0.25, 0.3) is 0 Å². The summed E-state index contributed by atoms with van der Waals surface area (Å²) in [5.41, 5.74) is 9.76. The third-order valence-electron chi connectivity index (χ3n) is 10.6. The molecule has 0 bridgehead atoms. The normalized spacial score (nSPS) is 11.9. The van der Waals surface area contributed by atoms with Gasteiger partial charge in [0.15, 0.2) is 0 Å². The first kappa shape index (κ1) is 30.0. The number of para-hydroxylation sites is 3. The van der Waals surface area contributed by atoms with E-state index >= 15 is 0 Å². The number of rotatable bonds is 5. The van der Waals surface area contributed by atoms with Crippen molar-refractivity contribution in [1.82, 2.24) is 9.13 Å². The Morgan fingerprint density at radius 2 is 0.962 bits per heavy atom. The Hall–Kier alpha value is -6.69. The van der Waals surface area contributed by atoms with E-state index in [0.29, 0.717) is 0 Å². The molecule has 0 saturated heterocycles. The molecule has 8 aromatic carbocycles. The van der Waals surface area contributed by atoms with Gasteiger partial charge in [-0.3, -0.25) is 0 Å². The van der Waals surface area contributed by atoms with Crippen molar-refractivity contribution < 1.29 is 4.39 Å². The van der Waals surface area contributed by atoms with Gasteiger partial charge in [-0.25, -0.2) is 4.39 Å². The molecule has 250 valence electrons. The van der Waals surface area contributed by atoms with Crippen molar-refractivity contribution in [3.05, 3.63) is 188 Å². The summed E-state index contributed by atoms with van der Waals surface area (Å²) >= 11 is 1.83. The van der Waals surface area contributed by atoms with E-state index in [-0.39, 0.29) is 5.82 Å². The topological polar surface area (TPSA) is 13.1 Å². The van der Waals surface area contributed by atoms with Crippen molar-refractivity contribution in [1.29, 1.82) is 0 Å².